The number of rotatable bonds is 3. The summed E-state index contributed by atoms with van der Waals surface area (Å²) in [6, 6.07) is 5.33. The number of nitrogens with zero attached hydrogens (tertiary/aromatic N) is 1. The van der Waals surface area contributed by atoms with E-state index in [0.29, 0.717) is 11.3 Å². The highest BCUT2D eigenvalue weighted by molar-refractivity contribution is 7.10. The molecule has 0 aliphatic heterocycles. The number of aryl methyl sites for hydroxylation is 1. The molecule has 82 valence electrons. The van der Waals surface area contributed by atoms with Gasteiger partial charge in [0.15, 0.2) is 0 Å². The Morgan fingerprint density at radius 2 is 2.50 bits per heavy atom. The standard InChI is InChI=1S/C11H10N2O2S/c1-8-5-9(7-16-8)11(14)13-12-6-10-3-2-4-15-10/h2-7H,1H3,(H,13,14)/b12-6-. The zero-order valence-corrected chi connectivity index (χ0v) is 9.45. The molecule has 2 aromatic rings. The van der Waals surface area contributed by atoms with Crippen LogP contribution in [0.3, 0.4) is 0 Å². The molecule has 0 radical (unpaired) electrons. The number of thiophene rings is 1. The van der Waals surface area contributed by atoms with E-state index in [1.807, 2.05) is 13.0 Å². The summed E-state index contributed by atoms with van der Waals surface area (Å²) in [5, 5.41) is 5.58. The lowest BCUT2D eigenvalue weighted by Gasteiger charge is -1.94. The predicted octanol–water partition coefficient (Wildman–Crippen LogP) is 2.41. The summed E-state index contributed by atoms with van der Waals surface area (Å²) in [5.74, 6) is 0.383. The lowest BCUT2D eigenvalue weighted by Crippen LogP contribution is -2.16. The van der Waals surface area contributed by atoms with Crippen LogP contribution in [0, 0.1) is 6.92 Å². The zero-order chi connectivity index (χ0) is 11.4. The fourth-order valence-corrected chi connectivity index (χ4v) is 1.83. The SMILES string of the molecule is Cc1cc(C(=O)N/N=C\c2ccco2)cs1. The van der Waals surface area contributed by atoms with Gasteiger partial charge in [-0.25, -0.2) is 5.43 Å². The number of amides is 1. The van der Waals surface area contributed by atoms with Crippen molar-refractivity contribution in [3.63, 3.8) is 0 Å². The largest absolute Gasteiger partial charge is 0.463 e. The summed E-state index contributed by atoms with van der Waals surface area (Å²) in [6.45, 7) is 1.95. The number of nitrogens with one attached hydrogen (secondary N) is 1. The van der Waals surface area contributed by atoms with E-state index in [4.69, 9.17) is 4.42 Å². The maximum Gasteiger partial charge on any atom is 0.272 e. The quantitative estimate of drug-likeness (QED) is 0.655. The summed E-state index contributed by atoms with van der Waals surface area (Å²) in [4.78, 5) is 12.6. The average Bonchev–Trinajstić information content (AvgIpc) is 2.89. The van der Waals surface area contributed by atoms with Crippen LogP contribution < -0.4 is 5.43 Å². The van der Waals surface area contributed by atoms with E-state index in [9.17, 15) is 4.79 Å². The van der Waals surface area contributed by atoms with E-state index in [2.05, 4.69) is 10.5 Å². The Morgan fingerprint density at radius 3 is 3.12 bits per heavy atom. The van der Waals surface area contributed by atoms with Crippen molar-refractivity contribution in [3.8, 4) is 0 Å². The maximum absolute atomic E-state index is 11.5. The Labute approximate surface area is 96.6 Å². The number of furan rings is 1. The molecular weight excluding hydrogens is 224 g/mol. The van der Waals surface area contributed by atoms with Crippen LogP contribution in [0.15, 0.2) is 39.4 Å². The van der Waals surface area contributed by atoms with Gasteiger partial charge in [0.05, 0.1) is 18.0 Å². The molecule has 0 aliphatic rings. The summed E-state index contributed by atoms with van der Waals surface area (Å²) >= 11 is 1.53. The van der Waals surface area contributed by atoms with E-state index in [1.165, 1.54) is 17.6 Å². The summed E-state index contributed by atoms with van der Waals surface area (Å²) < 4.78 is 5.03. The van der Waals surface area contributed by atoms with Gasteiger partial charge in [0.1, 0.15) is 5.76 Å². The Hall–Kier alpha value is -1.88. The molecule has 0 spiro atoms. The number of hydrogen-bond acceptors (Lipinski definition) is 4. The summed E-state index contributed by atoms with van der Waals surface area (Å²) in [6.07, 6.45) is 3.00. The fourth-order valence-electron chi connectivity index (χ4n) is 1.15. The third-order valence-electron chi connectivity index (χ3n) is 1.89. The number of hydrogen-bond donors (Lipinski definition) is 1. The molecule has 1 amide bonds. The van der Waals surface area contributed by atoms with Gasteiger partial charge < -0.3 is 4.42 Å². The maximum atomic E-state index is 11.5. The second-order valence-electron chi connectivity index (χ2n) is 3.16. The highest BCUT2D eigenvalue weighted by atomic mass is 32.1. The highest BCUT2D eigenvalue weighted by Gasteiger charge is 2.05. The van der Waals surface area contributed by atoms with E-state index >= 15 is 0 Å². The normalized spacial score (nSPS) is 10.8. The predicted molar refractivity (Wildman–Crippen MR) is 62.8 cm³/mol. The Bertz CT molecular complexity index is 500. The third-order valence-corrected chi connectivity index (χ3v) is 2.76. The topological polar surface area (TPSA) is 54.6 Å². The van der Waals surface area contributed by atoms with Gasteiger partial charge in [-0.1, -0.05) is 0 Å². The van der Waals surface area contributed by atoms with Crippen LogP contribution >= 0.6 is 11.3 Å². The van der Waals surface area contributed by atoms with Crippen LogP contribution in [0.5, 0.6) is 0 Å². The van der Waals surface area contributed by atoms with Gasteiger partial charge in [-0.2, -0.15) is 5.10 Å². The van der Waals surface area contributed by atoms with Crippen molar-refractivity contribution < 1.29 is 9.21 Å². The van der Waals surface area contributed by atoms with Crippen molar-refractivity contribution in [1.82, 2.24) is 5.43 Å². The van der Waals surface area contributed by atoms with Gasteiger partial charge in [0, 0.05) is 10.3 Å². The number of carbonyl (C=O) groups excluding carboxylic acids is 1. The Morgan fingerprint density at radius 1 is 1.62 bits per heavy atom. The molecular formula is C11H10N2O2S. The third kappa shape index (κ3) is 2.58. The zero-order valence-electron chi connectivity index (χ0n) is 8.64. The number of carbonyl (C=O) groups is 1. The van der Waals surface area contributed by atoms with Crippen molar-refractivity contribution in [2.24, 2.45) is 5.10 Å². The van der Waals surface area contributed by atoms with Crippen molar-refractivity contribution in [1.29, 1.82) is 0 Å². The van der Waals surface area contributed by atoms with E-state index in [0.717, 1.165) is 4.88 Å². The van der Waals surface area contributed by atoms with Gasteiger partial charge in [-0.05, 0) is 25.1 Å². The second-order valence-corrected chi connectivity index (χ2v) is 4.28. The van der Waals surface area contributed by atoms with Crippen LogP contribution in [0.2, 0.25) is 0 Å². The van der Waals surface area contributed by atoms with Gasteiger partial charge in [-0.15, -0.1) is 11.3 Å². The fraction of sp³-hybridized carbons (Fsp3) is 0.0909. The second kappa shape index (κ2) is 4.76. The monoisotopic (exact) mass is 234 g/mol. The minimum atomic E-state index is -0.216. The van der Waals surface area contributed by atoms with Gasteiger partial charge in [0.2, 0.25) is 0 Å². The molecule has 0 bridgehead atoms. The average molecular weight is 234 g/mol. The van der Waals surface area contributed by atoms with Crippen molar-refractivity contribution >= 4 is 23.5 Å². The molecule has 0 aromatic carbocycles. The van der Waals surface area contributed by atoms with Crippen molar-refractivity contribution in [2.45, 2.75) is 6.92 Å². The van der Waals surface area contributed by atoms with Gasteiger partial charge >= 0.3 is 0 Å². The summed E-state index contributed by atoms with van der Waals surface area (Å²) in [7, 11) is 0. The molecule has 16 heavy (non-hydrogen) atoms. The molecule has 0 unspecified atom stereocenters. The minimum absolute atomic E-state index is 0.216. The van der Waals surface area contributed by atoms with Crippen LogP contribution in [0.1, 0.15) is 21.0 Å². The van der Waals surface area contributed by atoms with Crippen LogP contribution in [-0.4, -0.2) is 12.1 Å². The smallest absolute Gasteiger partial charge is 0.272 e. The molecule has 1 N–H and O–H groups in total. The minimum Gasteiger partial charge on any atom is -0.463 e. The number of hydrazone groups is 1. The van der Waals surface area contributed by atoms with Crippen LogP contribution in [0.4, 0.5) is 0 Å². The first-order valence-corrected chi connectivity index (χ1v) is 5.56. The molecule has 5 heteroatoms. The molecule has 4 nitrogen and oxygen atoms in total. The summed E-state index contributed by atoms with van der Waals surface area (Å²) in [5.41, 5.74) is 3.05. The lowest BCUT2D eigenvalue weighted by atomic mass is 10.3. The molecule has 0 saturated heterocycles. The van der Waals surface area contributed by atoms with Crippen molar-refractivity contribution in [3.05, 3.63) is 46.0 Å². The Kier molecular flexibility index (Phi) is 3.16. The first kappa shape index (κ1) is 10.6. The van der Waals surface area contributed by atoms with E-state index < -0.39 is 0 Å². The molecule has 0 aliphatic carbocycles. The first-order valence-electron chi connectivity index (χ1n) is 4.68. The van der Waals surface area contributed by atoms with Gasteiger partial charge in [0.25, 0.3) is 5.91 Å². The highest BCUT2D eigenvalue weighted by Crippen LogP contribution is 2.12. The Balaban J connectivity index is 1.94. The molecule has 2 rings (SSSR count). The van der Waals surface area contributed by atoms with Crippen LogP contribution in [-0.2, 0) is 0 Å². The van der Waals surface area contributed by atoms with Crippen molar-refractivity contribution in [2.75, 3.05) is 0 Å². The molecule has 0 fully saturated rings. The molecule has 2 aromatic heterocycles. The molecule has 0 saturated carbocycles. The molecule has 2 heterocycles. The van der Waals surface area contributed by atoms with E-state index in [1.54, 1.807) is 23.8 Å². The van der Waals surface area contributed by atoms with Crippen LogP contribution in [0.25, 0.3) is 0 Å². The lowest BCUT2D eigenvalue weighted by molar-refractivity contribution is 0.0955. The molecule has 0 atom stereocenters. The first-order chi connectivity index (χ1) is 7.75. The van der Waals surface area contributed by atoms with Gasteiger partial charge in [-0.3, -0.25) is 4.79 Å². The van der Waals surface area contributed by atoms with E-state index in [-0.39, 0.29) is 5.91 Å².